The first-order valence-electron chi connectivity index (χ1n) is 8.43. The molecule has 3 rings (SSSR count). The van der Waals surface area contributed by atoms with Crippen LogP contribution in [-0.2, 0) is 19.1 Å². The second kappa shape index (κ2) is 8.41. The minimum absolute atomic E-state index is 0.0387. The van der Waals surface area contributed by atoms with Crippen molar-refractivity contribution in [3.05, 3.63) is 16.7 Å². The number of fused-ring (bicyclic) bond motifs is 1. The third-order valence-corrected chi connectivity index (χ3v) is 5.24. The van der Waals surface area contributed by atoms with E-state index in [2.05, 4.69) is 25.2 Å². The van der Waals surface area contributed by atoms with Gasteiger partial charge in [-0.3, -0.25) is 24.5 Å². The molecular weight excluding hydrogens is 377 g/mol. The molecule has 0 radical (unpaired) electrons. The maximum absolute atomic E-state index is 12.3. The predicted octanol–water partition coefficient (Wildman–Crippen LogP) is 0.534. The maximum Gasteiger partial charge on any atom is 0.280 e. The third kappa shape index (κ3) is 4.17. The van der Waals surface area contributed by atoms with Gasteiger partial charge in [0, 0.05) is 5.92 Å². The third-order valence-electron chi connectivity index (χ3n) is 4.15. The summed E-state index contributed by atoms with van der Waals surface area (Å²) in [6, 6.07) is 0. The van der Waals surface area contributed by atoms with Crippen LogP contribution in [0.2, 0.25) is 0 Å². The van der Waals surface area contributed by atoms with Gasteiger partial charge in [-0.15, -0.1) is 0 Å². The van der Waals surface area contributed by atoms with Crippen molar-refractivity contribution in [3.63, 3.8) is 0 Å². The summed E-state index contributed by atoms with van der Waals surface area (Å²) in [5.41, 5.74) is -0.187. The lowest BCUT2D eigenvalue weighted by Gasteiger charge is -2.19. The molecule has 0 aromatic carbocycles. The van der Waals surface area contributed by atoms with Crippen LogP contribution in [0.15, 0.2) is 11.1 Å². The average molecular weight is 399 g/mol. The number of nitrogens with one attached hydrogen (secondary N) is 2. The smallest absolute Gasteiger partial charge is 0.280 e. The van der Waals surface area contributed by atoms with Crippen molar-refractivity contribution in [2.75, 3.05) is 19.0 Å². The fourth-order valence-electron chi connectivity index (χ4n) is 2.77. The summed E-state index contributed by atoms with van der Waals surface area (Å²) in [6.07, 6.45) is 1.11. The first-order valence-corrected chi connectivity index (χ1v) is 9.42. The predicted molar refractivity (Wildman–Crippen MR) is 97.4 cm³/mol. The zero-order valence-corrected chi connectivity index (χ0v) is 16.1. The Morgan fingerprint density at radius 1 is 1.59 bits per heavy atom. The first kappa shape index (κ1) is 19.8. The van der Waals surface area contributed by atoms with E-state index in [1.54, 1.807) is 18.4 Å². The van der Waals surface area contributed by atoms with E-state index < -0.39 is 11.8 Å². The lowest BCUT2D eigenvalue weighted by atomic mass is 10.2. The van der Waals surface area contributed by atoms with Gasteiger partial charge in [0.25, 0.3) is 5.56 Å². The van der Waals surface area contributed by atoms with Crippen molar-refractivity contribution in [2.24, 2.45) is 5.92 Å². The second-order valence-corrected chi connectivity index (χ2v) is 7.57. The van der Waals surface area contributed by atoms with Crippen LogP contribution in [-0.4, -0.2) is 56.0 Å². The molecule has 0 aliphatic carbocycles. The van der Waals surface area contributed by atoms with Gasteiger partial charge in [-0.05, 0) is 6.42 Å². The fraction of sp³-hybridized carbons (Fsp3) is 0.600. The molecule has 27 heavy (non-hydrogen) atoms. The summed E-state index contributed by atoms with van der Waals surface area (Å²) in [7, 11) is 1.38. The summed E-state index contributed by atoms with van der Waals surface area (Å²) >= 11 is 0. The van der Waals surface area contributed by atoms with Gasteiger partial charge in [-0.1, -0.05) is 13.8 Å². The second-order valence-electron chi connectivity index (χ2n) is 6.42. The fourth-order valence-corrected chi connectivity index (χ4v) is 3.71. The lowest BCUT2D eigenvalue weighted by molar-refractivity contribution is -0.167. The van der Waals surface area contributed by atoms with Crippen molar-refractivity contribution in [2.45, 2.75) is 38.3 Å². The number of hydrogen-bond donors (Lipinski definition) is 3. The monoisotopic (exact) mass is 399 g/mol. The molecule has 1 aliphatic heterocycles. The summed E-state index contributed by atoms with van der Waals surface area (Å²) in [5.74, 6) is -0.498. The number of ether oxygens (including phenoxy) is 1. The Bertz CT molecular complexity index is 868. The van der Waals surface area contributed by atoms with Gasteiger partial charge < -0.3 is 9.84 Å². The number of H-pyrrole nitrogens is 1. The Labute approximate surface area is 156 Å². The Morgan fingerprint density at radius 2 is 2.37 bits per heavy atom. The van der Waals surface area contributed by atoms with Crippen LogP contribution in [0.1, 0.15) is 26.5 Å². The molecule has 1 amide bonds. The standard InChI is InChI=1S/C15H22N5O6P/c1-7(2)12(22)18-15-17-11-10(13(23)19-15)16-6-20(11)14-9(27-26-24-3)4-8(5-21)25-14/h6-9,14,21,27H,4-5H2,1-3H3,(H2,17,18,19,22,23). The summed E-state index contributed by atoms with van der Waals surface area (Å²) in [6.45, 7) is 3.33. The summed E-state index contributed by atoms with van der Waals surface area (Å²) in [4.78, 5) is 39.9. The van der Waals surface area contributed by atoms with E-state index in [0.29, 0.717) is 6.42 Å². The number of aliphatic hydroxyl groups is 1. The van der Waals surface area contributed by atoms with Crippen LogP contribution in [0, 0.1) is 5.92 Å². The SMILES string of the molecule is COOPC1CC(CO)OC1n1cnc2c(=O)[nH]c(NC(=O)C(C)C)nc21. The maximum atomic E-state index is 12.3. The first-order chi connectivity index (χ1) is 12.9. The number of hydrogen-bond acceptors (Lipinski definition) is 8. The highest BCUT2D eigenvalue weighted by Crippen LogP contribution is 2.42. The number of rotatable bonds is 7. The zero-order chi connectivity index (χ0) is 19.6. The highest BCUT2D eigenvalue weighted by Gasteiger charge is 2.38. The van der Waals surface area contributed by atoms with E-state index in [0.717, 1.165) is 0 Å². The Kier molecular flexibility index (Phi) is 6.18. The van der Waals surface area contributed by atoms with Gasteiger partial charge in [0.05, 0.1) is 40.6 Å². The number of amides is 1. The number of carbonyl (C=O) groups is 1. The molecule has 1 saturated heterocycles. The minimum Gasteiger partial charge on any atom is -0.394 e. The number of aromatic amines is 1. The van der Waals surface area contributed by atoms with Gasteiger partial charge in [0.15, 0.2) is 11.2 Å². The van der Waals surface area contributed by atoms with Crippen LogP contribution < -0.4 is 10.9 Å². The molecule has 4 atom stereocenters. The Hall–Kier alpha value is -1.91. The molecule has 2 aromatic rings. The molecule has 1 fully saturated rings. The van der Waals surface area contributed by atoms with Gasteiger partial charge in [-0.25, -0.2) is 14.5 Å². The van der Waals surface area contributed by atoms with Crippen LogP contribution in [0.5, 0.6) is 0 Å². The normalized spacial score (nSPS) is 23.1. The molecule has 2 aromatic heterocycles. The van der Waals surface area contributed by atoms with Crippen molar-refractivity contribution in [3.8, 4) is 0 Å². The van der Waals surface area contributed by atoms with E-state index >= 15 is 0 Å². The van der Waals surface area contributed by atoms with Crippen LogP contribution in [0.4, 0.5) is 5.95 Å². The number of nitrogens with zero attached hydrogens (tertiary/aromatic N) is 3. The van der Waals surface area contributed by atoms with Gasteiger partial charge in [-0.2, -0.15) is 4.98 Å². The van der Waals surface area contributed by atoms with E-state index in [9.17, 15) is 14.7 Å². The summed E-state index contributed by atoms with van der Waals surface area (Å²) < 4.78 is 12.6. The van der Waals surface area contributed by atoms with E-state index in [-0.39, 0.29) is 56.1 Å². The van der Waals surface area contributed by atoms with Crippen molar-refractivity contribution in [1.82, 2.24) is 19.5 Å². The van der Waals surface area contributed by atoms with Crippen molar-refractivity contribution >= 4 is 31.8 Å². The Balaban J connectivity index is 1.97. The number of aromatic nitrogens is 4. The van der Waals surface area contributed by atoms with Crippen molar-refractivity contribution in [1.29, 1.82) is 0 Å². The molecule has 12 heteroatoms. The van der Waals surface area contributed by atoms with E-state index in [1.807, 2.05) is 0 Å². The van der Waals surface area contributed by atoms with E-state index in [1.165, 1.54) is 13.4 Å². The molecule has 0 saturated carbocycles. The van der Waals surface area contributed by atoms with Gasteiger partial charge in [0.2, 0.25) is 11.9 Å². The average Bonchev–Trinajstić information content (AvgIpc) is 3.23. The lowest BCUT2D eigenvalue weighted by Crippen LogP contribution is -2.23. The zero-order valence-electron chi connectivity index (χ0n) is 15.1. The number of anilines is 1. The van der Waals surface area contributed by atoms with Crippen LogP contribution in [0.25, 0.3) is 11.2 Å². The molecule has 0 bridgehead atoms. The molecule has 148 valence electrons. The van der Waals surface area contributed by atoms with Crippen LogP contribution in [0.3, 0.4) is 0 Å². The minimum atomic E-state index is -0.538. The molecule has 0 spiro atoms. The number of carbonyl (C=O) groups excluding carboxylic acids is 1. The highest BCUT2D eigenvalue weighted by molar-refractivity contribution is 7.33. The molecule has 11 nitrogen and oxygen atoms in total. The molecule has 3 heterocycles. The van der Waals surface area contributed by atoms with Gasteiger partial charge >= 0.3 is 0 Å². The number of imidazole rings is 1. The molecule has 4 unspecified atom stereocenters. The Morgan fingerprint density at radius 3 is 3.04 bits per heavy atom. The van der Waals surface area contributed by atoms with Gasteiger partial charge in [0.1, 0.15) is 6.23 Å². The highest BCUT2D eigenvalue weighted by atomic mass is 31.1. The largest absolute Gasteiger partial charge is 0.394 e. The molecule has 3 N–H and O–H groups in total. The molecular formula is C15H22N5O6P. The molecule has 1 aliphatic rings. The van der Waals surface area contributed by atoms with Crippen LogP contribution >= 0.6 is 8.81 Å². The van der Waals surface area contributed by atoms with E-state index in [4.69, 9.17) is 9.41 Å². The quantitative estimate of drug-likeness (QED) is 0.348. The summed E-state index contributed by atoms with van der Waals surface area (Å²) in [5, 5.41) is 12.0. The number of aliphatic hydroxyl groups excluding tert-OH is 1. The van der Waals surface area contributed by atoms with Crippen molar-refractivity contribution < 1.29 is 24.2 Å². The topological polar surface area (TPSA) is 141 Å².